The number of carbonyl (C=O) groups excluding carboxylic acids is 2. The number of methoxy groups -OCH3 is 1. The molecule has 2 heterocycles. The predicted molar refractivity (Wildman–Crippen MR) is 126 cm³/mol. The van der Waals surface area contributed by atoms with Gasteiger partial charge in [0.1, 0.15) is 5.69 Å². The smallest absolute Gasteiger partial charge is 0.320 e. The molecule has 186 valence electrons. The van der Waals surface area contributed by atoms with E-state index in [0.29, 0.717) is 56.8 Å². The van der Waals surface area contributed by atoms with Crippen LogP contribution in [0.4, 0.5) is 17.3 Å². The molecule has 1 amide bonds. The van der Waals surface area contributed by atoms with Gasteiger partial charge in [0, 0.05) is 26.8 Å². The first-order chi connectivity index (χ1) is 16.0. The average Bonchev–Trinajstić information content (AvgIpc) is 2.82. The van der Waals surface area contributed by atoms with Crippen LogP contribution >= 0.6 is 0 Å². The highest BCUT2D eigenvalue weighted by Gasteiger charge is 2.21. The molecular formula is C22H38N6O5. The second-order valence-corrected chi connectivity index (χ2v) is 8.06. The van der Waals surface area contributed by atoms with Crippen molar-refractivity contribution in [1.29, 1.82) is 0 Å². The van der Waals surface area contributed by atoms with Gasteiger partial charge in [-0.2, -0.15) is 9.97 Å². The number of hydrogen-bond donors (Lipinski definition) is 2. The van der Waals surface area contributed by atoms with Crippen LogP contribution in [0.15, 0.2) is 0 Å². The van der Waals surface area contributed by atoms with Gasteiger partial charge in [-0.3, -0.25) is 19.4 Å². The summed E-state index contributed by atoms with van der Waals surface area (Å²) in [5.41, 5.74) is 6.53. The number of nitrogens with two attached hydrogens (primary N) is 1. The number of anilines is 3. The molecule has 33 heavy (non-hydrogen) atoms. The third-order valence-electron chi connectivity index (χ3n) is 5.60. The second kappa shape index (κ2) is 14.5. The molecule has 11 nitrogen and oxygen atoms in total. The number of esters is 1. The van der Waals surface area contributed by atoms with E-state index in [0.717, 1.165) is 45.2 Å². The number of piperidine rings is 1. The Morgan fingerprint density at radius 2 is 2.03 bits per heavy atom. The summed E-state index contributed by atoms with van der Waals surface area (Å²) in [5.74, 6) is 0.900. The van der Waals surface area contributed by atoms with Crippen LogP contribution in [0.3, 0.4) is 0 Å². The molecule has 0 bridgehead atoms. The van der Waals surface area contributed by atoms with Crippen molar-refractivity contribution in [3.63, 3.8) is 0 Å². The normalized spacial score (nSPS) is 14.6. The highest BCUT2D eigenvalue weighted by Crippen LogP contribution is 2.30. The van der Waals surface area contributed by atoms with Crippen LogP contribution < -0.4 is 20.7 Å². The van der Waals surface area contributed by atoms with Gasteiger partial charge in [0.2, 0.25) is 6.41 Å². The molecule has 3 N–H and O–H groups in total. The van der Waals surface area contributed by atoms with E-state index in [1.54, 1.807) is 7.05 Å². The molecule has 1 fully saturated rings. The number of amides is 1. The number of aromatic nitrogens is 2. The van der Waals surface area contributed by atoms with Gasteiger partial charge in [0.25, 0.3) is 0 Å². The molecule has 1 aliphatic heterocycles. The number of ether oxygens (including phenoxy) is 3. The van der Waals surface area contributed by atoms with Gasteiger partial charge in [-0.15, -0.1) is 0 Å². The first kappa shape index (κ1) is 26.6. The van der Waals surface area contributed by atoms with Crippen molar-refractivity contribution in [2.24, 2.45) is 5.92 Å². The predicted octanol–water partition coefficient (Wildman–Crippen LogP) is 1.53. The zero-order valence-corrected chi connectivity index (χ0v) is 20.0. The Hall–Kier alpha value is -2.66. The summed E-state index contributed by atoms with van der Waals surface area (Å²) in [7, 11) is 3.12. The number of likely N-dealkylation sites (tertiary alicyclic amines) is 1. The van der Waals surface area contributed by atoms with E-state index in [1.807, 2.05) is 0 Å². The molecule has 0 saturated carbocycles. The molecule has 0 aliphatic carbocycles. The van der Waals surface area contributed by atoms with E-state index in [2.05, 4.69) is 27.1 Å². The Bertz CT molecular complexity index is 742. The SMILES string of the molecule is CCCCOc1nc(N)c(NC)c(N(C=O)CCCOCC2CCN(CC(=O)OC)CC2)n1. The number of nitrogens with zero attached hydrogens (tertiary/aromatic N) is 4. The summed E-state index contributed by atoms with van der Waals surface area (Å²) in [4.78, 5) is 35.3. The third-order valence-corrected chi connectivity index (χ3v) is 5.60. The van der Waals surface area contributed by atoms with Crippen molar-refractivity contribution >= 4 is 29.7 Å². The fourth-order valence-electron chi connectivity index (χ4n) is 3.62. The summed E-state index contributed by atoms with van der Waals surface area (Å²) >= 11 is 0. The van der Waals surface area contributed by atoms with Crippen molar-refractivity contribution in [1.82, 2.24) is 14.9 Å². The number of unbranched alkanes of at least 4 members (excludes halogenated alkanes) is 1. The Morgan fingerprint density at radius 3 is 2.67 bits per heavy atom. The number of hydrogen-bond acceptors (Lipinski definition) is 10. The van der Waals surface area contributed by atoms with Gasteiger partial charge < -0.3 is 25.3 Å². The Labute approximate surface area is 196 Å². The molecule has 2 rings (SSSR count). The lowest BCUT2D eigenvalue weighted by atomic mass is 9.98. The zero-order valence-electron chi connectivity index (χ0n) is 20.0. The lowest BCUT2D eigenvalue weighted by Crippen LogP contribution is -2.38. The summed E-state index contributed by atoms with van der Waals surface area (Å²) in [5, 5.41) is 2.97. The van der Waals surface area contributed by atoms with E-state index in [-0.39, 0.29) is 17.8 Å². The molecule has 1 aromatic rings. The number of carbonyl (C=O) groups is 2. The van der Waals surface area contributed by atoms with Crippen LogP contribution in [0.1, 0.15) is 39.0 Å². The third kappa shape index (κ3) is 8.65. The van der Waals surface area contributed by atoms with Gasteiger partial charge in [0.15, 0.2) is 11.6 Å². The number of nitrogen functional groups attached to an aromatic ring is 1. The minimum Gasteiger partial charge on any atom is -0.468 e. The van der Waals surface area contributed by atoms with Crippen molar-refractivity contribution in [2.75, 3.05) is 76.1 Å². The van der Waals surface area contributed by atoms with Crippen molar-refractivity contribution in [2.45, 2.75) is 39.0 Å². The number of nitrogens with one attached hydrogen (secondary N) is 1. The molecule has 0 spiro atoms. The van der Waals surface area contributed by atoms with Gasteiger partial charge in [-0.25, -0.2) is 0 Å². The quantitative estimate of drug-likeness (QED) is 0.223. The molecule has 1 aromatic heterocycles. The van der Waals surface area contributed by atoms with E-state index in [4.69, 9.17) is 19.9 Å². The fourth-order valence-corrected chi connectivity index (χ4v) is 3.62. The Balaban J connectivity index is 1.79. The van der Waals surface area contributed by atoms with Crippen LogP contribution in [0.25, 0.3) is 0 Å². The molecule has 1 saturated heterocycles. The van der Waals surface area contributed by atoms with E-state index in [1.165, 1.54) is 12.0 Å². The van der Waals surface area contributed by atoms with Crippen LogP contribution in [-0.2, 0) is 19.1 Å². The van der Waals surface area contributed by atoms with Crippen LogP contribution in [0.5, 0.6) is 6.01 Å². The summed E-state index contributed by atoms with van der Waals surface area (Å²) in [6.07, 6.45) is 5.23. The topological polar surface area (TPSA) is 132 Å². The minimum atomic E-state index is -0.198. The first-order valence-electron chi connectivity index (χ1n) is 11.6. The molecule has 1 aliphatic rings. The lowest BCUT2D eigenvalue weighted by molar-refractivity contribution is -0.142. The molecular weight excluding hydrogens is 428 g/mol. The highest BCUT2D eigenvalue weighted by atomic mass is 16.5. The maximum atomic E-state index is 11.8. The Kier molecular flexibility index (Phi) is 11.7. The molecule has 0 aromatic carbocycles. The van der Waals surface area contributed by atoms with Crippen LogP contribution in [-0.4, -0.2) is 87.4 Å². The minimum absolute atomic E-state index is 0.164. The summed E-state index contributed by atoms with van der Waals surface area (Å²) in [6, 6.07) is 0.164. The van der Waals surface area contributed by atoms with Gasteiger partial charge in [-0.1, -0.05) is 13.3 Å². The summed E-state index contributed by atoms with van der Waals surface area (Å²) in [6.45, 7) is 6.27. The first-order valence-corrected chi connectivity index (χ1v) is 11.6. The fraction of sp³-hybridized carbons (Fsp3) is 0.727. The Morgan fingerprint density at radius 1 is 1.27 bits per heavy atom. The standard InChI is InChI=1S/C22H38N6O5/c1-4-5-13-33-22-25-20(23)19(24-2)21(26-22)28(16-29)9-6-12-32-15-17-7-10-27(11-8-17)14-18(30)31-3/h16-17,24H,4-15H2,1-3H3,(H2,23,25,26). The molecule has 0 radical (unpaired) electrons. The van der Waals surface area contributed by atoms with Crippen LogP contribution in [0.2, 0.25) is 0 Å². The van der Waals surface area contributed by atoms with E-state index in [9.17, 15) is 9.59 Å². The highest BCUT2D eigenvalue weighted by molar-refractivity contribution is 5.85. The maximum Gasteiger partial charge on any atom is 0.320 e. The van der Waals surface area contributed by atoms with E-state index < -0.39 is 0 Å². The van der Waals surface area contributed by atoms with Crippen molar-refractivity contribution in [3.8, 4) is 6.01 Å². The summed E-state index contributed by atoms with van der Waals surface area (Å²) < 4.78 is 16.2. The number of rotatable bonds is 15. The van der Waals surface area contributed by atoms with Gasteiger partial charge >= 0.3 is 12.0 Å². The monoisotopic (exact) mass is 466 g/mol. The lowest BCUT2D eigenvalue weighted by Gasteiger charge is -2.30. The van der Waals surface area contributed by atoms with Crippen LogP contribution in [0, 0.1) is 5.92 Å². The average molecular weight is 467 g/mol. The van der Waals surface area contributed by atoms with Crippen molar-refractivity contribution < 1.29 is 23.8 Å². The van der Waals surface area contributed by atoms with Gasteiger partial charge in [-0.05, 0) is 44.7 Å². The second-order valence-electron chi connectivity index (χ2n) is 8.06. The zero-order chi connectivity index (χ0) is 24.1. The molecule has 0 atom stereocenters. The largest absolute Gasteiger partial charge is 0.468 e. The van der Waals surface area contributed by atoms with Gasteiger partial charge in [0.05, 0.1) is 20.3 Å². The maximum absolute atomic E-state index is 11.8. The van der Waals surface area contributed by atoms with E-state index >= 15 is 0 Å². The molecule has 11 heteroatoms. The molecule has 0 unspecified atom stereocenters. The van der Waals surface area contributed by atoms with Crippen molar-refractivity contribution in [3.05, 3.63) is 0 Å².